The maximum Gasteiger partial charge on any atom is 0.235 e. The molecule has 5 rings (SSSR count). The Balaban J connectivity index is 1.61. The molecule has 2 saturated heterocycles. The molecule has 0 saturated carbocycles. The molecule has 0 unspecified atom stereocenters. The summed E-state index contributed by atoms with van der Waals surface area (Å²) in [5.74, 6) is -1.72. The fourth-order valence-corrected chi connectivity index (χ4v) is 6.01. The highest BCUT2D eigenvalue weighted by Crippen LogP contribution is 2.50. The quantitative estimate of drug-likeness (QED) is 0.395. The van der Waals surface area contributed by atoms with Gasteiger partial charge in [0.2, 0.25) is 11.8 Å². The van der Waals surface area contributed by atoms with Crippen LogP contribution in [-0.2, 0) is 14.3 Å². The number of anilines is 1. The Labute approximate surface area is 185 Å². The average molecular weight is 437 g/mol. The van der Waals surface area contributed by atoms with Crippen LogP contribution in [0.2, 0.25) is 0 Å². The number of imide groups is 1. The predicted molar refractivity (Wildman–Crippen MR) is 119 cm³/mol. The summed E-state index contributed by atoms with van der Waals surface area (Å²) < 4.78 is 5.09. The van der Waals surface area contributed by atoms with Crippen molar-refractivity contribution in [3.63, 3.8) is 0 Å². The van der Waals surface area contributed by atoms with E-state index in [-0.39, 0.29) is 23.6 Å². The summed E-state index contributed by atoms with van der Waals surface area (Å²) in [5, 5.41) is 1.87. The first kappa shape index (κ1) is 20.2. The van der Waals surface area contributed by atoms with Gasteiger partial charge < -0.3 is 9.64 Å². The molecule has 2 aromatic rings. The normalized spacial score (nSPS) is 26.6. The Bertz CT molecular complexity index is 1080. The SMILES string of the molecule is COCCCN1C(=O)[C@@H]2[C@H](C1=O)[C@@H](C(=O)c1cccs1)N1c3ccccc3C(C)=C[C@H]21. The van der Waals surface area contributed by atoms with Crippen LogP contribution in [0.3, 0.4) is 0 Å². The van der Waals surface area contributed by atoms with Gasteiger partial charge in [-0.05, 0) is 36.4 Å². The standard InChI is InChI=1S/C24H24N2O4S/c1-14-13-17-19-20(24(29)25(23(19)28)10-6-11-30-2)21(22(27)18-9-5-12-31-18)26(17)16-8-4-3-7-15(14)16/h3-5,7-9,12-13,17,19-21H,6,10-11H2,1-2H3/t17-,19+,20+,21+/m1/s1. The van der Waals surface area contributed by atoms with Gasteiger partial charge in [-0.15, -0.1) is 11.3 Å². The molecule has 0 radical (unpaired) electrons. The lowest BCUT2D eigenvalue weighted by Crippen LogP contribution is -2.49. The van der Waals surface area contributed by atoms with Gasteiger partial charge in [0.25, 0.3) is 0 Å². The van der Waals surface area contributed by atoms with Crippen molar-refractivity contribution in [3.8, 4) is 0 Å². The topological polar surface area (TPSA) is 66.9 Å². The molecule has 1 aromatic carbocycles. The Morgan fingerprint density at radius 3 is 2.61 bits per heavy atom. The van der Waals surface area contributed by atoms with Crippen LogP contribution in [0.1, 0.15) is 28.6 Å². The number of nitrogens with zero attached hydrogens (tertiary/aromatic N) is 2. The van der Waals surface area contributed by atoms with Crippen LogP contribution in [0.15, 0.2) is 47.9 Å². The highest BCUT2D eigenvalue weighted by molar-refractivity contribution is 7.12. The molecule has 2 fully saturated rings. The monoisotopic (exact) mass is 436 g/mol. The molecule has 2 amide bonds. The minimum atomic E-state index is -0.692. The molecule has 0 spiro atoms. The second-order valence-corrected chi connectivity index (χ2v) is 9.22. The summed E-state index contributed by atoms with van der Waals surface area (Å²) in [6.45, 7) is 2.83. The van der Waals surface area contributed by atoms with Crippen LogP contribution < -0.4 is 4.90 Å². The van der Waals surface area contributed by atoms with Crippen LogP contribution in [-0.4, -0.2) is 54.8 Å². The zero-order valence-corrected chi connectivity index (χ0v) is 18.3. The minimum absolute atomic E-state index is 0.0878. The van der Waals surface area contributed by atoms with Crippen LogP contribution >= 0.6 is 11.3 Å². The number of Topliss-reactive ketones (excluding diaryl/α,β-unsaturated/α-hetero) is 1. The zero-order valence-electron chi connectivity index (χ0n) is 17.5. The minimum Gasteiger partial charge on any atom is -0.385 e. The number of likely N-dealkylation sites (tertiary alicyclic amines) is 1. The molecule has 31 heavy (non-hydrogen) atoms. The van der Waals surface area contributed by atoms with Crippen molar-refractivity contribution in [2.45, 2.75) is 25.4 Å². The van der Waals surface area contributed by atoms with Gasteiger partial charge in [0, 0.05) is 31.5 Å². The number of allylic oxidation sites excluding steroid dienone is 1. The van der Waals surface area contributed by atoms with Crippen molar-refractivity contribution < 1.29 is 19.1 Å². The van der Waals surface area contributed by atoms with E-state index < -0.39 is 17.9 Å². The lowest BCUT2D eigenvalue weighted by atomic mass is 9.86. The van der Waals surface area contributed by atoms with E-state index >= 15 is 0 Å². The van der Waals surface area contributed by atoms with Crippen LogP contribution in [0.5, 0.6) is 0 Å². The third kappa shape index (κ3) is 2.98. The molecule has 160 valence electrons. The molecule has 3 aliphatic heterocycles. The third-order valence-electron chi connectivity index (χ3n) is 6.61. The third-order valence-corrected chi connectivity index (χ3v) is 7.49. The van der Waals surface area contributed by atoms with E-state index in [1.807, 2.05) is 47.5 Å². The van der Waals surface area contributed by atoms with Gasteiger partial charge in [-0.2, -0.15) is 0 Å². The number of hydrogen-bond donors (Lipinski definition) is 0. The van der Waals surface area contributed by atoms with E-state index in [0.29, 0.717) is 24.4 Å². The summed E-state index contributed by atoms with van der Waals surface area (Å²) in [6, 6.07) is 10.6. The Hall–Kier alpha value is -2.77. The number of carbonyl (C=O) groups excluding carboxylic acids is 3. The summed E-state index contributed by atoms with van der Waals surface area (Å²) in [7, 11) is 1.60. The van der Waals surface area contributed by atoms with E-state index in [2.05, 4.69) is 6.08 Å². The van der Waals surface area contributed by atoms with E-state index in [1.54, 1.807) is 13.2 Å². The fraction of sp³-hybridized carbons (Fsp3) is 0.375. The molecule has 0 aliphatic carbocycles. The van der Waals surface area contributed by atoms with E-state index in [9.17, 15) is 14.4 Å². The van der Waals surface area contributed by atoms with Crippen LogP contribution in [0, 0.1) is 11.8 Å². The highest BCUT2D eigenvalue weighted by atomic mass is 32.1. The van der Waals surface area contributed by atoms with Crippen molar-refractivity contribution in [2.24, 2.45) is 11.8 Å². The van der Waals surface area contributed by atoms with Crippen molar-refractivity contribution in [3.05, 3.63) is 58.3 Å². The Morgan fingerprint density at radius 1 is 1.10 bits per heavy atom. The smallest absolute Gasteiger partial charge is 0.235 e. The molecular weight excluding hydrogens is 412 g/mol. The average Bonchev–Trinajstić information content (AvgIpc) is 3.47. The summed E-state index contributed by atoms with van der Waals surface area (Å²) in [4.78, 5) is 44.6. The number of benzene rings is 1. The Morgan fingerprint density at radius 2 is 1.87 bits per heavy atom. The number of methoxy groups -OCH3 is 1. The van der Waals surface area contributed by atoms with Crippen LogP contribution in [0.4, 0.5) is 5.69 Å². The molecule has 4 atom stereocenters. The van der Waals surface area contributed by atoms with Crippen molar-refractivity contribution >= 4 is 40.2 Å². The van der Waals surface area contributed by atoms with Crippen molar-refractivity contribution in [1.82, 2.24) is 4.90 Å². The zero-order chi connectivity index (χ0) is 21.7. The molecule has 1 aromatic heterocycles. The number of amides is 2. The Kier molecular flexibility index (Phi) is 5.02. The molecule has 3 aliphatic rings. The summed E-state index contributed by atoms with van der Waals surface area (Å²) >= 11 is 1.37. The van der Waals surface area contributed by atoms with Gasteiger partial charge >= 0.3 is 0 Å². The largest absolute Gasteiger partial charge is 0.385 e. The van der Waals surface area contributed by atoms with Gasteiger partial charge in [0.05, 0.1) is 22.8 Å². The fourth-order valence-electron chi connectivity index (χ4n) is 5.31. The molecule has 0 bridgehead atoms. The molecule has 4 heterocycles. The van der Waals surface area contributed by atoms with Gasteiger partial charge in [-0.25, -0.2) is 0 Å². The number of ether oxygens (including phenoxy) is 1. The number of thiophene rings is 1. The number of hydrogen-bond acceptors (Lipinski definition) is 6. The van der Waals surface area contributed by atoms with Crippen molar-refractivity contribution in [1.29, 1.82) is 0 Å². The highest BCUT2D eigenvalue weighted by Gasteiger charge is 2.64. The number of rotatable bonds is 6. The first-order valence-corrected chi connectivity index (χ1v) is 11.4. The van der Waals surface area contributed by atoms with Gasteiger partial charge in [0.1, 0.15) is 6.04 Å². The first-order valence-electron chi connectivity index (χ1n) is 10.5. The van der Waals surface area contributed by atoms with Crippen LogP contribution in [0.25, 0.3) is 5.57 Å². The van der Waals surface area contributed by atoms with Crippen molar-refractivity contribution in [2.75, 3.05) is 25.2 Å². The second-order valence-electron chi connectivity index (χ2n) is 8.28. The molecular formula is C24H24N2O4S. The number of carbonyl (C=O) groups is 3. The van der Waals surface area contributed by atoms with Gasteiger partial charge in [-0.3, -0.25) is 19.3 Å². The van der Waals surface area contributed by atoms with E-state index in [4.69, 9.17) is 4.74 Å². The molecule has 0 N–H and O–H groups in total. The molecule has 6 nitrogen and oxygen atoms in total. The maximum atomic E-state index is 13.7. The maximum absolute atomic E-state index is 13.7. The lowest BCUT2D eigenvalue weighted by molar-refractivity contribution is -0.140. The van der Waals surface area contributed by atoms with Gasteiger partial charge in [-0.1, -0.05) is 30.3 Å². The van der Waals surface area contributed by atoms with E-state index in [1.165, 1.54) is 16.2 Å². The first-order chi connectivity index (χ1) is 15.0. The summed E-state index contributed by atoms with van der Waals surface area (Å²) in [5.41, 5.74) is 3.03. The van der Waals surface area contributed by atoms with Gasteiger partial charge in [0.15, 0.2) is 5.78 Å². The number of ketones is 1. The second kappa shape index (κ2) is 7.73. The predicted octanol–water partition coefficient (Wildman–Crippen LogP) is 3.24. The van der Waals surface area contributed by atoms with E-state index in [0.717, 1.165) is 16.8 Å². The number of para-hydroxylation sites is 1. The summed E-state index contributed by atoms with van der Waals surface area (Å²) in [6.07, 6.45) is 2.65. The number of fused-ring (bicyclic) bond motifs is 5. The lowest BCUT2D eigenvalue weighted by Gasteiger charge is -2.37. The molecule has 7 heteroatoms.